The van der Waals surface area contributed by atoms with Crippen LogP contribution in [0, 0.1) is 0 Å². The summed E-state index contributed by atoms with van der Waals surface area (Å²) in [5.74, 6) is -0.863. The van der Waals surface area contributed by atoms with E-state index in [1.54, 1.807) is 0 Å². The SMILES string of the molecule is C=C([13CH3])CCCC(=O)O.C=C([13CH3])CCCC(=O)OC.[Li+].[OH-]. The van der Waals surface area contributed by atoms with Crippen molar-refractivity contribution >= 4 is 11.9 Å². The molecule has 0 aliphatic rings. The minimum absolute atomic E-state index is 0. The number of carbonyl (C=O) groups is 2. The number of rotatable bonds is 8. The fraction of sp³-hybridized carbons (Fsp3) is 0.600. The van der Waals surface area contributed by atoms with Crippen molar-refractivity contribution in [2.24, 2.45) is 0 Å². The van der Waals surface area contributed by atoms with Crippen molar-refractivity contribution in [3.05, 3.63) is 24.3 Å². The molecule has 0 unspecified atom stereocenters. The third-order valence-corrected chi connectivity index (χ3v) is 2.21. The second-order valence-corrected chi connectivity index (χ2v) is 4.59. The quantitative estimate of drug-likeness (QED) is 0.305. The molecule has 118 valence electrons. The van der Waals surface area contributed by atoms with Gasteiger partial charge in [0.1, 0.15) is 0 Å². The second-order valence-electron chi connectivity index (χ2n) is 4.59. The first-order chi connectivity index (χ1) is 8.79. The van der Waals surface area contributed by atoms with Crippen LogP contribution in [0.25, 0.3) is 0 Å². The average Bonchev–Trinajstić information content (AvgIpc) is 2.28. The van der Waals surface area contributed by atoms with E-state index in [0.717, 1.165) is 30.4 Å². The van der Waals surface area contributed by atoms with Gasteiger partial charge in [-0.05, 0) is 39.5 Å². The van der Waals surface area contributed by atoms with Gasteiger partial charge in [0.15, 0.2) is 0 Å². The first kappa shape index (κ1) is 28.2. The van der Waals surface area contributed by atoms with Gasteiger partial charge in [-0.1, -0.05) is 11.1 Å². The Morgan fingerprint density at radius 3 is 1.62 bits per heavy atom. The molecular formula is C15H27LiO5. The zero-order chi connectivity index (χ0) is 15.3. The number of hydrogen-bond donors (Lipinski definition) is 1. The van der Waals surface area contributed by atoms with Gasteiger partial charge in [0.05, 0.1) is 7.11 Å². The minimum atomic E-state index is -0.726. The fourth-order valence-electron chi connectivity index (χ4n) is 1.18. The maximum Gasteiger partial charge on any atom is 1.00 e. The Balaban J connectivity index is -0.000000126. The van der Waals surface area contributed by atoms with E-state index in [1.807, 2.05) is 13.8 Å². The maximum absolute atomic E-state index is 10.5. The van der Waals surface area contributed by atoms with Gasteiger partial charge in [-0.3, -0.25) is 9.59 Å². The molecule has 0 rings (SSSR count). The number of methoxy groups -OCH3 is 1. The maximum atomic E-state index is 10.5. The van der Waals surface area contributed by atoms with E-state index in [1.165, 1.54) is 7.11 Å². The van der Waals surface area contributed by atoms with Crippen LogP contribution in [0.4, 0.5) is 0 Å². The molecule has 0 saturated carbocycles. The summed E-state index contributed by atoms with van der Waals surface area (Å²) in [5.41, 5.74) is 2.17. The fourth-order valence-corrected chi connectivity index (χ4v) is 1.18. The van der Waals surface area contributed by atoms with Crippen LogP contribution in [0.5, 0.6) is 0 Å². The molecule has 6 heteroatoms. The number of carbonyl (C=O) groups excluding carboxylic acids is 1. The molecule has 0 atom stereocenters. The van der Waals surface area contributed by atoms with Gasteiger partial charge >= 0.3 is 30.8 Å². The van der Waals surface area contributed by atoms with E-state index >= 15 is 0 Å². The molecule has 0 aromatic rings. The summed E-state index contributed by atoms with van der Waals surface area (Å²) < 4.78 is 4.46. The number of carboxylic acid groups (broad SMARTS) is 1. The van der Waals surface area contributed by atoms with Crippen molar-refractivity contribution in [1.82, 2.24) is 0 Å². The minimum Gasteiger partial charge on any atom is -0.870 e. The predicted octanol–water partition coefficient (Wildman–Crippen LogP) is 0.550. The summed E-state index contributed by atoms with van der Waals surface area (Å²) in [6, 6.07) is 0. The first-order valence-corrected chi connectivity index (χ1v) is 6.37. The van der Waals surface area contributed by atoms with E-state index in [-0.39, 0.29) is 36.7 Å². The number of aliphatic carboxylic acids is 1. The molecule has 2 N–H and O–H groups in total. The molecule has 0 aliphatic heterocycles. The van der Waals surface area contributed by atoms with Crippen LogP contribution in [0.2, 0.25) is 0 Å². The summed E-state index contributed by atoms with van der Waals surface area (Å²) >= 11 is 0. The molecule has 0 bridgehead atoms. The molecule has 0 saturated heterocycles. The Morgan fingerprint density at radius 1 is 0.952 bits per heavy atom. The molecule has 0 fully saturated rings. The zero-order valence-corrected chi connectivity index (χ0v) is 13.8. The molecule has 0 spiro atoms. The topological polar surface area (TPSA) is 93.6 Å². The zero-order valence-electron chi connectivity index (χ0n) is 13.8. The van der Waals surface area contributed by atoms with Crippen LogP contribution < -0.4 is 18.9 Å². The summed E-state index contributed by atoms with van der Waals surface area (Å²) in [6.45, 7) is 11.2. The van der Waals surface area contributed by atoms with Gasteiger partial charge in [0, 0.05) is 12.8 Å². The van der Waals surface area contributed by atoms with Crippen LogP contribution in [-0.4, -0.2) is 29.6 Å². The van der Waals surface area contributed by atoms with E-state index < -0.39 is 5.97 Å². The van der Waals surface area contributed by atoms with Gasteiger partial charge in [0.2, 0.25) is 0 Å². The largest absolute Gasteiger partial charge is 1.00 e. The smallest absolute Gasteiger partial charge is 0.870 e. The number of esters is 1. The van der Waals surface area contributed by atoms with Crippen molar-refractivity contribution in [3.63, 3.8) is 0 Å². The second kappa shape index (κ2) is 19.0. The molecular weight excluding hydrogens is 269 g/mol. The van der Waals surface area contributed by atoms with Gasteiger partial charge in [0.25, 0.3) is 0 Å². The third kappa shape index (κ3) is 32.5. The van der Waals surface area contributed by atoms with E-state index in [2.05, 4.69) is 17.9 Å². The van der Waals surface area contributed by atoms with Gasteiger partial charge in [-0.2, -0.15) is 0 Å². The third-order valence-electron chi connectivity index (χ3n) is 2.21. The van der Waals surface area contributed by atoms with E-state index in [4.69, 9.17) is 5.11 Å². The van der Waals surface area contributed by atoms with Gasteiger partial charge < -0.3 is 15.3 Å². The molecule has 0 aliphatic carbocycles. The molecule has 21 heavy (non-hydrogen) atoms. The van der Waals surface area contributed by atoms with Crippen LogP contribution in [-0.2, 0) is 14.3 Å². The first-order valence-electron chi connectivity index (χ1n) is 6.37. The average molecular weight is 296 g/mol. The van der Waals surface area contributed by atoms with E-state index in [9.17, 15) is 9.59 Å². The Bertz CT molecular complexity index is 299. The molecule has 5 nitrogen and oxygen atoms in total. The van der Waals surface area contributed by atoms with Gasteiger partial charge in [-0.15, -0.1) is 13.2 Å². The molecule has 0 amide bonds. The van der Waals surface area contributed by atoms with Crippen LogP contribution in [0.15, 0.2) is 24.3 Å². The number of hydrogen-bond acceptors (Lipinski definition) is 4. The van der Waals surface area contributed by atoms with Crippen molar-refractivity contribution in [2.45, 2.75) is 52.4 Å². The van der Waals surface area contributed by atoms with Gasteiger partial charge in [-0.25, -0.2) is 0 Å². The monoisotopic (exact) mass is 296 g/mol. The predicted molar refractivity (Wildman–Crippen MR) is 78.9 cm³/mol. The summed E-state index contributed by atoms with van der Waals surface area (Å²) in [7, 11) is 1.41. The van der Waals surface area contributed by atoms with Crippen LogP contribution >= 0.6 is 0 Å². The Kier molecular flexibility index (Phi) is 25.5. The van der Waals surface area contributed by atoms with Crippen LogP contribution in [0.1, 0.15) is 52.4 Å². The molecule has 0 aromatic carbocycles. The van der Waals surface area contributed by atoms with Crippen LogP contribution in [0.3, 0.4) is 0 Å². The summed E-state index contributed by atoms with van der Waals surface area (Å²) in [6.07, 6.45) is 4.06. The number of ether oxygens (including phenoxy) is 1. The van der Waals surface area contributed by atoms with E-state index in [0.29, 0.717) is 12.8 Å². The van der Waals surface area contributed by atoms with Crippen molar-refractivity contribution < 1.29 is 43.8 Å². The van der Waals surface area contributed by atoms with Crippen molar-refractivity contribution in [2.75, 3.05) is 7.11 Å². The number of allylic oxidation sites excluding steroid dienone is 2. The van der Waals surface area contributed by atoms with Crippen molar-refractivity contribution in [3.8, 4) is 0 Å². The summed E-state index contributed by atoms with van der Waals surface area (Å²) in [5, 5.41) is 8.20. The van der Waals surface area contributed by atoms with Crippen molar-refractivity contribution in [1.29, 1.82) is 0 Å². The normalized spacial score (nSPS) is 8.14. The Hall–Kier alpha value is -1.02. The summed E-state index contributed by atoms with van der Waals surface area (Å²) in [4.78, 5) is 20.5. The number of carboxylic acids is 1. The Labute approximate surface area is 139 Å². The molecule has 0 aromatic heterocycles. The Morgan fingerprint density at radius 2 is 1.33 bits per heavy atom. The standard InChI is InChI=1S/C8H14O2.C7H12O2.Li.H2O/c1-7(2)5-4-6-8(9)10-3;1-6(2)4-3-5-7(8)9;;/h1,4-6H2,2-3H3;1,3-5H2,2H3,(H,8,9);;1H2/q;;+1;/p-1/i2*2+1;;. The molecule has 0 heterocycles. The molecule has 0 radical (unpaired) electrons.